The van der Waals surface area contributed by atoms with E-state index in [9.17, 15) is 4.79 Å². The SMILES string of the molecule is CC(C)(C)c1cc2ccc3ccc(COC(=O)C=[N+]=[N-])c4ccc(c1)c2c34. The van der Waals surface area contributed by atoms with Crippen LogP contribution in [0.3, 0.4) is 0 Å². The van der Waals surface area contributed by atoms with Gasteiger partial charge in [-0.1, -0.05) is 69.3 Å². The molecule has 0 aromatic heterocycles. The number of esters is 1. The van der Waals surface area contributed by atoms with Gasteiger partial charge in [0, 0.05) is 0 Å². The highest BCUT2D eigenvalue weighted by Gasteiger charge is 2.18. The van der Waals surface area contributed by atoms with Crippen LogP contribution in [0, 0.1) is 0 Å². The Labute approximate surface area is 157 Å². The van der Waals surface area contributed by atoms with Crippen LogP contribution in [-0.4, -0.2) is 17.0 Å². The Hall–Kier alpha value is -3.23. The Bertz CT molecular complexity index is 1210. The number of ether oxygens (including phenoxy) is 1. The quantitative estimate of drug-likeness (QED) is 0.166. The van der Waals surface area contributed by atoms with Crippen molar-refractivity contribution in [3.05, 3.63) is 65.2 Å². The van der Waals surface area contributed by atoms with Crippen molar-refractivity contribution in [2.45, 2.75) is 32.8 Å². The molecule has 0 saturated heterocycles. The molecular formula is C23H20N2O2. The summed E-state index contributed by atoms with van der Waals surface area (Å²) in [5.74, 6) is -0.669. The van der Waals surface area contributed by atoms with Crippen LogP contribution < -0.4 is 0 Å². The summed E-state index contributed by atoms with van der Waals surface area (Å²) in [6.07, 6.45) is 0.754. The monoisotopic (exact) mass is 356 g/mol. The molecule has 134 valence electrons. The van der Waals surface area contributed by atoms with E-state index >= 15 is 0 Å². The van der Waals surface area contributed by atoms with Crippen LogP contribution >= 0.6 is 0 Å². The first-order valence-corrected chi connectivity index (χ1v) is 8.93. The predicted molar refractivity (Wildman–Crippen MR) is 108 cm³/mol. The number of rotatable bonds is 3. The number of carbonyl (C=O) groups excluding carboxylic acids is 1. The number of hydrogen-bond acceptors (Lipinski definition) is 2. The Balaban J connectivity index is 1.93. The molecule has 4 aromatic rings. The maximum Gasteiger partial charge on any atom is 0.413 e. The fraction of sp³-hybridized carbons (Fsp3) is 0.217. The van der Waals surface area contributed by atoms with Gasteiger partial charge in [-0.15, -0.1) is 0 Å². The molecule has 0 atom stereocenters. The largest absolute Gasteiger partial charge is 0.452 e. The molecule has 0 N–H and O–H groups in total. The number of carbonyl (C=O) groups is 1. The summed E-state index contributed by atoms with van der Waals surface area (Å²) in [5, 5.41) is 7.11. The van der Waals surface area contributed by atoms with Crippen molar-refractivity contribution >= 4 is 44.5 Å². The van der Waals surface area contributed by atoms with Crippen LogP contribution in [0.15, 0.2) is 48.5 Å². The van der Waals surface area contributed by atoms with E-state index in [0.29, 0.717) is 0 Å². The molecule has 4 nitrogen and oxygen atoms in total. The molecule has 0 saturated carbocycles. The van der Waals surface area contributed by atoms with Gasteiger partial charge in [-0.25, -0.2) is 4.79 Å². The molecule has 0 radical (unpaired) electrons. The third-order valence-corrected chi connectivity index (χ3v) is 5.09. The van der Waals surface area contributed by atoms with E-state index in [0.717, 1.165) is 17.2 Å². The molecular weight excluding hydrogens is 336 g/mol. The van der Waals surface area contributed by atoms with Gasteiger partial charge < -0.3 is 10.3 Å². The molecule has 0 aliphatic heterocycles. The highest BCUT2D eigenvalue weighted by atomic mass is 16.5. The normalized spacial score (nSPS) is 11.8. The Kier molecular flexibility index (Phi) is 3.94. The first-order chi connectivity index (χ1) is 12.9. The summed E-state index contributed by atoms with van der Waals surface area (Å²) in [6.45, 7) is 6.80. The topological polar surface area (TPSA) is 62.7 Å². The minimum atomic E-state index is -0.669. The summed E-state index contributed by atoms with van der Waals surface area (Å²) in [5.41, 5.74) is 10.8. The van der Waals surface area contributed by atoms with Gasteiger partial charge in [0.25, 0.3) is 0 Å². The highest BCUT2D eigenvalue weighted by molar-refractivity contribution is 6.24. The summed E-state index contributed by atoms with van der Waals surface area (Å²) >= 11 is 0. The Morgan fingerprint density at radius 3 is 2.30 bits per heavy atom. The summed E-state index contributed by atoms with van der Waals surface area (Å²) in [6, 6.07) is 17.1. The van der Waals surface area contributed by atoms with Crippen LogP contribution in [0.2, 0.25) is 0 Å². The lowest BCUT2D eigenvalue weighted by Gasteiger charge is -2.21. The lowest BCUT2D eigenvalue weighted by atomic mass is 9.83. The van der Waals surface area contributed by atoms with Gasteiger partial charge in [-0.2, -0.15) is 4.79 Å². The fourth-order valence-corrected chi connectivity index (χ4v) is 3.67. The van der Waals surface area contributed by atoms with Gasteiger partial charge >= 0.3 is 12.2 Å². The standard InChI is InChI=1S/C23H20N2O2/c1-23(2,3)18-10-15-6-4-14-5-7-17(13-27-20(26)12-25-24)19-9-8-16(11-18)21(15)22(14)19/h4-12H,13H2,1-3H3. The lowest BCUT2D eigenvalue weighted by molar-refractivity contribution is -0.140. The highest BCUT2D eigenvalue weighted by Crippen LogP contribution is 2.38. The lowest BCUT2D eigenvalue weighted by Crippen LogP contribution is -2.10. The van der Waals surface area contributed by atoms with Crippen molar-refractivity contribution in [1.82, 2.24) is 0 Å². The van der Waals surface area contributed by atoms with E-state index in [4.69, 9.17) is 10.3 Å². The average Bonchev–Trinajstić information content (AvgIpc) is 2.64. The number of hydrogen-bond donors (Lipinski definition) is 0. The van der Waals surface area contributed by atoms with Gasteiger partial charge in [-0.3, -0.25) is 0 Å². The molecule has 4 rings (SSSR count). The third kappa shape index (κ3) is 2.94. The summed E-state index contributed by atoms with van der Waals surface area (Å²) in [4.78, 5) is 14.2. The minimum Gasteiger partial charge on any atom is -0.452 e. The molecule has 0 spiro atoms. The molecule has 0 aliphatic rings. The number of benzene rings is 4. The van der Waals surface area contributed by atoms with Crippen molar-refractivity contribution in [2.75, 3.05) is 0 Å². The maximum atomic E-state index is 11.5. The van der Waals surface area contributed by atoms with E-state index in [-0.39, 0.29) is 12.0 Å². The second kappa shape index (κ2) is 6.19. The second-order valence-electron chi connectivity index (χ2n) is 7.90. The van der Waals surface area contributed by atoms with Gasteiger partial charge in [0.1, 0.15) is 6.61 Å². The van der Waals surface area contributed by atoms with E-state index in [1.165, 1.54) is 32.5 Å². The van der Waals surface area contributed by atoms with Crippen molar-refractivity contribution in [3.63, 3.8) is 0 Å². The molecule has 0 bridgehead atoms. The van der Waals surface area contributed by atoms with Gasteiger partial charge in [0.2, 0.25) is 0 Å². The molecule has 4 aromatic carbocycles. The zero-order chi connectivity index (χ0) is 19.2. The zero-order valence-corrected chi connectivity index (χ0v) is 15.6. The van der Waals surface area contributed by atoms with E-state index < -0.39 is 5.97 Å². The van der Waals surface area contributed by atoms with Gasteiger partial charge in [0.05, 0.1) is 0 Å². The Morgan fingerprint density at radius 2 is 1.63 bits per heavy atom. The van der Waals surface area contributed by atoms with E-state index in [1.54, 1.807) is 0 Å². The van der Waals surface area contributed by atoms with Crippen LogP contribution in [0.1, 0.15) is 31.9 Å². The second-order valence-corrected chi connectivity index (χ2v) is 7.90. The maximum absolute atomic E-state index is 11.5. The van der Waals surface area contributed by atoms with Crippen LogP contribution in [0.25, 0.3) is 37.8 Å². The van der Waals surface area contributed by atoms with Crippen molar-refractivity contribution < 1.29 is 14.3 Å². The van der Waals surface area contributed by atoms with Gasteiger partial charge in [-0.05, 0) is 48.9 Å². The fourth-order valence-electron chi connectivity index (χ4n) is 3.67. The third-order valence-electron chi connectivity index (χ3n) is 5.09. The first kappa shape index (κ1) is 17.2. The summed E-state index contributed by atoms with van der Waals surface area (Å²) < 4.78 is 5.17. The van der Waals surface area contributed by atoms with Crippen molar-refractivity contribution in [2.24, 2.45) is 0 Å². The number of nitrogens with zero attached hydrogens (tertiary/aromatic N) is 2. The minimum absolute atomic E-state index is 0.0814. The Morgan fingerprint density at radius 1 is 1.00 bits per heavy atom. The van der Waals surface area contributed by atoms with E-state index in [2.05, 4.69) is 68.0 Å². The zero-order valence-electron chi connectivity index (χ0n) is 15.6. The molecule has 0 amide bonds. The van der Waals surface area contributed by atoms with Crippen LogP contribution in [-0.2, 0) is 21.6 Å². The van der Waals surface area contributed by atoms with Crippen LogP contribution in [0.4, 0.5) is 0 Å². The molecule has 4 heteroatoms. The van der Waals surface area contributed by atoms with Gasteiger partial charge in [0.15, 0.2) is 0 Å². The van der Waals surface area contributed by atoms with E-state index in [1.807, 2.05) is 6.07 Å². The van der Waals surface area contributed by atoms with Crippen molar-refractivity contribution in [1.29, 1.82) is 0 Å². The summed E-state index contributed by atoms with van der Waals surface area (Å²) in [7, 11) is 0. The predicted octanol–water partition coefficient (Wildman–Crippen LogP) is 5.23. The molecule has 0 heterocycles. The smallest absolute Gasteiger partial charge is 0.413 e. The molecule has 0 unspecified atom stereocenters. The molecule has 27 heavy (non-hydrogen) atoms. The first-order valence-electron chi connectivity index (χ1n) is 8.93. The molecule has 0 aliphatic carbocycles. The molecule has 0 fully saturated rings. The van der Waals surface area contributed by atoms with Crippen molar-refractivity contribution in [3.8, 4) is 0 Å². The van der Waals surface area contributed by atoms with Crippen LogP contribution in [0.5, 0.6) is 0 Å². The average molecular weight is 356 g/mol.